The molecule has 0 atom stereocenters. The molecule has 1 saturated carbocycles. The first-order valence-corrected chi connectivity index (χ1v) is 7.77. The summed E-state index contributed by atoms with van der Waals surface area (Å²) < 4.78 is 5.06. The molecule has 120 valence electrons. The van der Waals surface area contributed by atoms with E-state index in [0.29, 0.717) is 5.41 Å². The molecule has 1 aliphatic carbocycles. The third kappa shape index (κ3) is 7.11. The number of methoxy groups -OCH3 is 1. The lowest BCUT2D eigenvalue weighted by Crippen LogP contribution is -2.39. The largest absolute Gasteiger partial charge is 0.385 e. The molecule has 1 rings (SSSR count). The van der Waals surface area contributed by atoms with E-state index in [9.17, 15) is 0 Å². The fraction of sp³-hybridized carbons (Fsp3) is 0.933. The smallest absolute Gasteiger partial charge is 0.191 e. The molecule has 2 N–H and O–H groups in total. The van der Waals surface area contributed by atoms with E-state index in [1.54, 1.807) is 7.11 Å². The summed E-state index contributed by atoms with van der Waals surface area (Å²) in [5.41, 5.74) is 0.467. The van der Waals surface area contributed by atoms with Crippen molar-refractivity contribution in [1.82, 2.24) is 10.6 Å². The Morgan fingerprint density at radius 3 is 2.45 bits per heavy atom. The summed E-state index contributed by atoms with van der Waals surface area (Å²) in [6, 6.07) is 0. The highest BCUT2D eigenvalue weighted by atomic mass is 127. The maximum absolute atomic E-state index is 5.06. The van der Waals surface area contributed by atoms with Crippen molar-refractivity contribution in [3.63, 3.8) is 0 Å². The van der Waals surface area contributed by atoms with Crippen molar-refractivity contribution in [3.05, 3.63) is 0 Å². The van der Waals surface area contributed by atoms with Gasteiger partial charge < -0.3 is 15.4 Å². The number of guanidine groups is 1. The van der Waals surface area contributed by atoms with Gasteiger partial charge in [0.25, 0.3) is 0 Å². The highest BCUT2D eigenvalue weighted by Gasteiger charge is 2.31. The van der Waals surface area contributed by atoms with Gasteiger partial charge in [-0.3, -0.25) is 4.99 Å². The number of hydrogen-bond donors (Lipinski definition) is 2. The summed E-state index contributed by atoms with van der Waals surface area (Å²) in [5.74, 6) is 0.957. The van der Waals surface area contributed by atoms with Gasteiger partial charge in [-0.05, 0) is 38.0 Å². The molecular formula is C15H32IN3O. The van der Waals surface area contributed by atoms with Crippen LogP contribution in [0.5, 0.6) is 0 Å². The number of hydrogen-bond acceptors (Lipinski definition) is 2. The fourth-order valence-electron chi connectivity index (χ4n) is 2.76. The summed E-state index contributed by atoms with van der Waals surface area (Å²) in [5, 5.41) is 6.70. The number of nitrogens with one attached hydrogen (secondary N) is 2. The Bertz CT molecular complexity index is 266. The van der Waals surface area contributed by atoms with Crippen LogP contribution in [0.2, 0.25) is 0 Å². The van der Waals surface area contributed by atoms with Gasteiger partial charge in [0, 0.05) is 33.4 Å². The van der Waals surface area contributed by atoms with Crippen LogP contribution < -0.4 is 10.6 Å². The van der Waals surface area contributed by atoms with Crippen LogP contribution in [0, 0.1) is 5.41 Å². The van der Waals surface area contributed by atoms with Crippen molar-refractivity contribution >= 4 is 29.9 Å². The van der Waals surface area contributed by atoms with Crippen molar-refractivity contribution in [2.24, 2.45) is 10.4 Å². The molecule has 0 amide bonds. The summed E-state index contributed by atoms with van der Waals surface area (Å²) in [6.45, 7) is 8.00. The molecule has 0 unspecified atom stereocenters. The van der Waals surface area contributed by atoms with Gasteiger partial charge in [0.1, 0.15) is 0 Å². The zero-order chi connectivity index (χ0) is 14.0. The Morgan fingerprint density at radius 1 is 1.20 bits per heavy atom. The van der Waals surface area contributed by atoms with Crippen LogP contribution >= 0.6 is 24.0 Å². The van der Waals surface area contributed by atoms with E-state index in [1.165, 1.54) is 32.1 Å². The van der Waals surface area contributed by atoms with E-state index in [-0.39, 0.29) is 24.0 Å². The molecule has 20 heavy (non-hydrogen) atoms. The zero-order valence-corrected chi connectivity index (χ0v) is 15.7. The first-order chi connectivity index (χ1) is 9.26. The van der Waals surface area contributed by atoms with Gasteiger partial charge in [-0.25, -0.2) is 0 Å². The van der Waals surface area contributed by atoms with Gasteiger partial charge >= 0.3 is 0 Å². The molecule has 0 saturated heterocycles. The number of rotatable bonds is 8. The molecule has 4 nitrogen and oxygen atoms in total. The first kappa shape index (κ1) is 20.0. The molecule has 0 spiro atoms. The summed E-state index contributed by atoms with van der Waals surface area (Å²) in [6.07, 6.45) is 7.70. The molecule has 0 radical (unpaired) electrons. The van der Waals surface area contributed by atoms with Crippen LogP contribution in [0.4, 0.5) is 0 Å². The first-order valence-electron chi connectivity index (χ1n) is 7.77. The van der Waals surface area contributed by atoms with Crippen molar-refractivity contribution in [3.8, 4) is 0 Å². The topological polar surface area (TPSA) is 45.7 Å². The van der Waals surface area contributed by atoms with E-state index in [1.807, 2.05) is 0 Å². The number of nitrogens with zero attached hydrogens (tertiary/aromatic N) is 1. The van der Waals surface area contributed by atoms with Crippen LogP contribution in [0.3, 0.4) is 0 Å². The van der Waals surface area contributed by atoms with Gasteiger partial charge in [0.05, 0.1) is 0 Å². The SMILES string of the molecule is CCNC(=NCC1(CC)CCCC1)NCCCOC.I. The lowest BCUT2D eigenvalue weighted by molar-refractivity contribution is 0.195. The molecule has 0 aromatic heterocycles. The van der Waals surface area contributed by atoms with E-state index < -0.39 is 0 Å². The summed E-state index contributed by atoms with van der Waals surface area (Å²) in [4.78, 5) is 4.79. The van der Waals surface area contributed by atoms with Gasteiger partial charge in [0.2, 0.25) is 0 Å². The average Bonchev–Trinajstić information content (AvgIpc) is 2.90. The second kappa shape index (κ2) is 11.6. The number of halogens is 1. The van der Waals surface area contributed by atoms with Crippen molar-refractivity contribution in [2.75, 3.05) is 33.4 Å². The normalized spacial score (nSPS) is 17.6. The third-order valence-corrected chi connectivity index (χ3v) is 4.15. The number of aliphatic imine (C=N–C) groups is 1. The van der Waals surface area contributed by atoms with Crippen molar-refractivity contribution < 1.29 is 4.74 Å². The minimum atomic E-state index is 0. The fourth-order valence-corrected chi connectivity index (χ4v) is 2.76. The molecule has 0 heterocycles. The van der Waals surface area contributed by atoms with Crippen LogP contribution in [-0.2, 0) is 4.74 Å². The van der Waals surface area contributed by atoms with Crippen LogP contribution in [-0.4, -0.2) is 39.3 Å². The Labute approximate surface area is 141 Å². The summed E-state index contributed by atoms with van der Waals surface area (Å²) in [7, 11) is 1.74. The van der Waals surface area contributed by atoms with Crippen LogP contribution in [0.15, 0.2) is 4.99 Å². The average molecular weight is 397 g/mol. The molecule has 0 aromatic carbocycles. The Morgan fingerprint density at radius 2 is 1.90 bits per heavy atom. The molecule has 1 fully saturated rings. The monoisotopic (exact) mass is 397 g/mol. The highest BCUT2D eigenvalue weighted by Crippen LogP contribution is 2.41. The Kier molecular flexibility index (Phi) is 11.6. The Balaban J connectivity index is 0.00000361. The van der Waals surface area contributed by atoms with Crippen LogP contribution in [0.1, 0.15) is 52.4 Å². The lowest BCUT2D eigenvalue weighted by atomic mass is 9.84. The van der Waals surface area contributed by atoms with Gasteiger partial charge in [-0.1, -0.05) is 19.8 Å². The van der Waals surface area contributed by atoms with E-state index in [2.05, 4.69) is 24.5 Å². The Hall–Kier alpha value is -0.0400. The maximum Gasteiger partial charge on any atom is 0.191 e. The zero-order valence-electron chi connectivity index (χ0n) is 13.3. The van der Waals surface area contributed by atoms with E-state index >= 15 is 0 Å². The second-order valence-corrected chi connectivity index (χ2v) is 5.53. The minimum absolute atomic E-state index is 0. The molecule has 1 aliphatic rings. The predicted molar refractivity (Wildman–Crippen MR) is 97.1 cm³/mol. The minimum Gasteiger partial charge on any atom is -0.385 e. The van der Waals surface area contributed by atoms with Crippen LogP contribution in [0.25, 0.3) is 0 Å². The summed E-state index contributed by atoms with van der Waals surface area (Å²) >= 11 is 0. The maximum atomic E-state index is 5.06. The van der Waals surface area contributed by atoms with Gasteiger partial charge in [-0.15, -0.1) is 24.0 Å². The quantitative estimate of drug-likeness (QED) is 0.286. The standard InChI is InChI=1S/C15H31N3O.HI/c1-4-15(9-6-7-10-15)13-18-14(16-5-2)17-11-8-12-19-3;/h4-13H2,1-3H3,(H2,16,17,18);1H. The molecule has 0 bridgehead atoms. The number of ether oxygens (including phenoxy) is 1. The van der Waals surface area contributed by atoms with Gasteiger partial charge in [0.15, 0.2) is 5.96 Å². The van der Waals surface area contributed by atoms with Gasteiger partial charge in [-0.2, -0.15) is 0 Å². The predicted octanol–water partition coefficient (Wildman–Crippen LogP) is 3.17. The molecular weight excluding hydrogens is 365 g/mol. The highest BCUT2D eigenvalue weighted by molar-refractivity contribution is 14.0. The van der Waals surface area contributed by atoms with E-state index in [4.69, 9.17) is 9.73 Å². The molecule has 0 aromatic rings. The lowest BCUT2D eigenvalue weighted by Gasteiger charge is -2.25. The van der Waals surface area contributed by atoms with Crippen molar-refractivity contribution in [1.29, 1.82) is 0 Å². The van der Waals surface area contributed by atoms with E-state index in [0.717, 1.165) is 38.6 Å². The third-order valence-electron chi connectivity index (χ3n) is 4.15. The molecule has 5 heteroatoms. The second-order valence-electron chi connectivity index (χ2n) is 5.53. The van der Waals surface area contributed by atoms with Crippen molar-refractivity contribution in [2.45, 2.75) is 52.4 Å². The molecule has 0 aliphatic heterocycles.